The predicted octanol–water partition coefficient (Wildman–Crippen LogP) is 6.28. The maximum absolute atomic E-state index is 13.6. The molecule has 1 unspecified atom stereocenters. The third kappa shape index (κ3) is 4.51. The standard InChI is InChI=1S/C26H34ClFN4/c1-18-22(26(18)11-13-32(14-12-26)17-19-5-3-2-4-6-19)16-29-25-10-9-24(30-31-25)21-15-20(28)7-8-23(21)27/h7-10,15,18-19,22H,2-6,11-14,16-17H2,1H3,(H,29,31)/t18-,22?/m1/s1. The number of aromatic nitrogens is 2. The van der Waals surface area contributed by atoms with Gasteiger partial charge in [0.2, 0.25) is 0 Å². The van der Waals surface area contributed by atoms with Crippen molar-refractivity contribution in [2.75, 3.05) is 31.5 Å². The zero-order chi connectivity index (χ0) is 22.1. The van der Waals surface area contributed by atoms with Crippen LogP contribution in [-0.2, 0) is 0 Å². The molecule has 5 rings (SSSR count). The van der Waals surface area contributed by atoms with Crippen LogP contribution < -0.4 is 5.32 Å². The number of likely N-dealkylation sites (tertiary alicyclic amines) is 1. The molecule has 6 heteroatoms. The third-order valence-electron chi connectivity index (χ3n) is 8.54. The molecule has 1 spiro atoms. The van der Waals surface area contributed by atoms with E-state index in [1.54, 1.807) is 6.07 Å². The van der Waals surface area contributed by atoms with Crippen LogP contribution in [0.1, 0.15) is 51.9 Å². The van der Waals surface area contributed by atoms with E-state index in [9.17, 15) is 4.39 Å². The Kier molecular flexibility index (Phi) is 6.39. The topological polar surface area (TPSA) is 41.1 Å². The predicted molar refractivity (Wildman–Crippen MR) is 128 cm³/mol. The van der Waals surface area contributed by atoms with Crippen LogP contribution >= 0.6 is 11.6 Å². The first kappa shape index (κ1) is 22.1. The van der Waals surface area contributed by atoms with E-state index >= 15 is 0 Å². The van der Waals surface area contributed by atoms with Gasteiger partial charge in [-0.15, -0.1) is 10.2 Å². The lowest BCUT2D eigenvalue weighted by Crippen LogP contribution is -2.39. The zero-order valence-electron chi connectivity index (χ0n) is 19.0. The summed E-state index contributed by atoms with van der Waals surface area (Å²) in [4.78, 5) is 2.73. The SMILES string of the molecule is C[C@@H]1C(CNc2ccc(-c3cc(F)ccc3Cl)nn2)C12CCN(CC1CCCCC1)CC2. The Hall–Kier alpha value is -1.72. The summed E-state index contributed by atoms with van der Waals surface area (Å²) in [6, 6.07) is 8.06. The lowest BCUT2D eigenvalue weighted by Gasteiger charge is -2.36. The highest BCUT2D eigenvalue weighted by molar-refractivity contribution is 6.33. The smallest absolute Gasteiger partial charge is 0.148 e. The lowest BCUT2D eigenvalue weighted by atomic mass is 9.86. The minimum atomic E-state index is -0.328. The number of piperidine rings is 1. The summed E-state index contributed by atoms with van der Waals surface area (Å²) < 4.78 is 13.6. The van der Waals surface area contributed by atoms with Crippen molar-refractivity contribution in [3.63, 3.8) is 0 Å². The molecule has 4 nitrogen and oxygen atoms in total. The molecular weight excluding hydrogens is 423 g/mol. The highest BCUT2D eigenvalue weighted by Crippen LogP contribution is 2.64. The molecule has 1 aliphatic heterocycles. The second-order valence-electron chi connectivity index (χ2n) is 10.2. The van der Waals surface area contributed by atoms with Crippen LogP contribution in [0.5, 0.6) is 0 Å². The first-order valence-electron chi connectivity index (χ1n) is 12.3. The molecule has 2 heterocycles. The van der Waals surface area contributed by atoms with E-state index in [0.29, 0.717) is 27.6 Å². The molecular formula is C26H34ClFN4. The van der Waals surface area contributed by atoms with Gasteiger partial charge in [0.05, 0.1) is 10.7 Å². The van der Waals surface area contributed by atoms with Crippen molar-refractivity contribution in [2.24, 2.45) is 23.2 Å². The minimum absolute atomic E-state index is 0.328. The fourth-order valence-electron chi connectivity index (χ4n) is 6.37. The first-order chi connectivity index (χ1) is 15.5. The van der Waals surface area contributed by atoms with Gasteiger partial charge in [0.1, 0.15) is 11.6 Å². The summed E-state index contributed by atoms with van der Waals surface area (Å²) in [5.41, 5.74) is 1.67. The van der Waals surface area contributed by atoms with Crippen LogP contribution in [0.25, 0.3) is 11.3 Å². The average molecular weight is 457 g/mol. The van der Waals surface area contributed by atoms with Gasteiger partial charge in [0.25, 0.3) is 0 Å². The van der Waals surface area contributed by atoms with E-state index in [1.165, 1.54) is 76.7 Å². The second kappa shape index (κ2) is 9.26. The Morgan fingerprint density at radius 3 is 2.59 bits per heavy atom. The molecule has 0 bridgehead atoms. The van der Waals surface area contributed by atoms with Crippen LogP contribution in [0.15, 0.2) is 30.3 Å². The molecule has 2 aliphatic carbocycles. The van der Waals surface area contributed by atoms with Crippen molar-refractivity contribution in [1.29, 1.82) is 0 Å². The second-order valence-corrected chi connectivity index (χ2v) is 10.6. The number of hydrogen-bond donors (Lipinski definition) is 1. The highest BCUT2D eigenvalue weighted by atomic mass is 35.5. The molecule has 3 aliphatic rings. The summed E-state index contributed by atoms with van der Waals surface area (Å²) in [5.74, 6) is 2.86. The minimum Gasteiger partial charge on any atom is -0.368 e. The fraction of sp³-hybridized carbons (Fsp3) is 0.615. The Labute approximate surface area is 195 Å². The van der Waals surface area contributed by atoms with Gasteiger partial charge in [-0.1, -0.05) is 37.8 Å². The molecule has 1 aromatic carbocycles. The molecule has 32 heavy (non-hydrogen) atoms. The monoisotopic (exact) mass is 456 g/mol. The molecule has 1 N–H and O–H groups in total. The van der Waals surface area contributed by atoms with Crippen molar-refractivity contribution < 1.29 is 4.39 Å². The zero-order valence-corrected chi connectivity index (χ0v) is 19.8. The molecule has 2 saturated carbocycles. The van der Waals surface area contributed by atoms with E-state index in [1.807, 2.05) is 12.1 Å². The van der Waals surface area contributed by atoms with E-state index in [-0.39, 0.29) is 5.82 Å². The van der Waals surface area contributed by atoms with Crippen LogP contribution in [0.3, 0.4) is 0 Å². The maximum atomic E-state index is 13.6. The molecule has 0 radical (unpaired) electrons. The number of rotatable bonds is 6. The van der Waals surface area contributed by atoms with Gasteiger partial charge in [-0.2, -0.15) is 0 Å². The molecule has 2 aromatic rings. The molecule has 1 aromatic heterocycles. The Bertz CT molecular complexity index is 920. The molecule has 0 amide bonds. The third-order valence-corrected chi connectivity index (χ3v) is 8.87. The number of nitrogens with zero attached hydrogens (tertiary/aromatic N) is 3. The largest absolute Gasteiger partial charge is 0.368 e. The van der Waals surface area contributed by atoms with Gasteiger partial charge in [0.15, 0.2) is 0 Å². The summed E-state index contributed by atoms with van der Waals surface area (Å²) in [6.45, 7) is 7.22. The number of halogens is 2. The van der Waals surface area contributed by atoms with Crippen molar-refractivity contribution >= 4 is 17.4 Å². The quantitative estimate of drug-likeness (QED) is 0.555. The van der Waals surface area contributed by atoms with Gasteiger partial charge in [0, 0.05) is 18.7 Å². The van der Waals surface area contributed by atoms with E-state index < -0.39 is 0 Å². The first-order valence-corrected chi connectivity index (χ1v) is 12.7. The molecule has 1 saturated heterocycles. The van der Waals surface area contributed by atoms with Crippen molar-refractivity contribution in [2.45, 2.75) is 51.9 Å². The number of hydrogen-bond acceptors (Lipinski definition) is 4. The summed E-state index contributed by atoms with van der Waals surface area (Å²) in [5, 5.41) is 12.6. The Balaban J connectivity index is 1.12. The maximum Gasteiger partial charge on any atom is 0.148 e. The number of benzene rings is 1. The van der Waals surface area contributed by atoms with Crippen molar-refractivity contribution in [1.82, 2.24) is 15.1 Å². The van der Waals surface area contributed by atoms with Crippen LogP contribution in [0, 0.1) is 29.0 Å². The average Bonchev–Trinajstić information content (AvgIpc) is 3.37. The van der Waals surface area contributed by atoms with Crippen LogP contribution in [0.4, 0.5) is 10.2 Å². The number of anilines is 1. The van der Waals surface area contributed by atoms with Gasteiger partial charge < -0.3 is 10.2 Å². The summed E-state index contributed by atoms with van der Waals surface area (Å²) in [6.07, 6.45) is 9.85. The van der Waals surface area contributed by atoms with E-state index in [4.69, 9.17) is 11.6 Å². The Morgan fingerprint density at radius 1 is 1.09 bits per heavy atom. The van der Waals surface area contributed by atoms with E-state index in [0.717, 1.165) is 24.2 Å². The number of nitrogens with one attached hydrogen (secondary N) is 1. The Morgan fingerprint density at radius 2 is 1.88 bits per heavy atom. The molecule has 2 atom stereocenters. The summed E-state index contributed by atoms with van der Waals surface area (Å²) >= 11 is 6.19. The van der Waals surface area contributed by atoms with Gasteiger partial charge >= 0.3 is 0 Å². The highest BCUT2D eigenvalue weighted by Gasteiger charge is 2.61. The van der Waals surface area contributed by atoms with Gasteiger partial charge in [-0.05, 0) is 92.3 Å². The molecule has 3 fully saturated rings. The van der Waals surface area contributed by atoms with Crippen LogP contribution in [0.2, 0.25) is 5.02 Å². The lowest BCUT2D eigenvalue weighted by molar-refractivity contribution is 0.127. The molecule has 172 valence electrons. The normalized spacial score (nSPS) is 25.7. The fourth-order valence-corrected chi connectivity index (χ4v) is 6.59. The summed E-state index contributed by atoms with van der Waals surface area (Å²) in [7, 11) is 0. The van der Waals surface area contributed by atoms with E-state index in [2.05, 4.69) is 27.3 Å². The van der Waals surface area contributed by atoms with Gasteiger partial charge in [-0.3, -0.25) is 0 Å². The van der Waals surface area contributed by atoms with Crippen molar-refractivity contribution in [3.05, 3.63) is 41.2 Å². The van der Waals surface area contributed by atoms with Crippen LogP contribution in [-0.4, -0.2) is 41.3 Å². The van der Waals surface area contributed by atoms with Crippen molar-refractivity contribution in [3.8, 4) is 11.3 Å². The van der Waals surface area contributed by atoms with Gasteiger partial charge in [-0.25, -0.2) is 4.39 Å².